The van der Waals surface area contributed by atoms with Gasteiger partial charge >= 0.3 is 0 Å². The predicted octanol–water partition coefficient (Wildman–Crippen LogP) is 2.79. The van der Waals surface area contributed by atoms with E-state index < -0.39 is 0 Å². The highest BCUT2D eigenvalue weighted by Gasteiger charge is 2.15. The zero-order chi connectivity index (χ0) is 12.1. The van der Waals surface area contributed by atoms with Crippen molar-refractivity contribution >= 4 is 23.2 Å². The Kier molecular flexibility index (Phi) is 4.62. The number of nitrogen functional groups attached to an aromatic ring is 1. The van der Waals surface area contributed by atoms with Crippen LogP contribution < -0.4 is 5.73 Å². The van der Waals surface area contributed by atoms with Crippen molar-refractivity contribution < 1.29 is 4.79 Å². The van der Waals surface area contributed by atoms with E-state index in [0.29, 0.717) is 16.3 Å². The minimum absolute atomic E-state index is 0.0780. The average molecular weight is 241 g/mol. The number of rotatable bonds is 4. The highest BCUT2D eigenvalue weighted by atomic mass is 35.5. The Morgan fingerprint density at radius 3 is 2.81 bits per heavy atom. The first kappa shape index (κ1) is 12.8. The molecule has 0 radical (unpaired) electrons. The standard InChI is InChI=1S/C12H17ClN2O/c1-3-4-8-15(2)12(16)9-6-5-7-10(14)11(9)13/h5-7H,3-4,8,14H2,1-2H3. The Labute approximate surface area is 101 Å². The molecule has 4 heteroatoms. The summed E-state index contributed by atoms with van der Waals surface area (Å²) in [6, 6.07) is 5.12. The quantitative estimate of drug-likeness (QED) is 0.823. The summed E-state index contributed by atoms with van der Waals surface area (Å²) in [5.74, 6) is -0.0780. The summed E-state index contributed by atoms with van der Waals surface area (Å²) in [7, 11) is 1.78. The zero-order valence-corrected chi connectivity index (χ0v) is 10.4. The maximum atomic E-state index is 12.0. The lowest BCUT2D eigenvalue weighted by Crippen LogP contribution is -2.28. The average Bonchev–Trinajstić information content (AvgIpc) is 2.28. The number of unbranched alkanes of at least 4 members (excludes halogenated alkanes) is 1. The lowest BCUT2D eigenvalue weighted by Gasteiger charge is -2.17. The van der Waals surface area contributed by atoms with Crippen LogP contribution in [0.5, 0.6) is 0 Å². The van der Waals surface area contributed by atoms with Crippen molar-refractivity contribution in [3.8, 4) is 0 Å². The Morgan fingerprint density at radius 2 is 2.19 bits per heavy atom. The van der Waals surface area contributed by atoms with E-state index in [9.17, 15) is 4.79 Å². The molecule has 0 heterocycles. The van der Waals surface area contributed by atoms with Crippen molar-refractivity contribution in [2.45, 2.75) is 19.8 Å². The van der Waals surface area contributed by atoms with E-state index in [-0.39, 0.29) is 5.91 Å². The first-order valence-electron chi connectivity index (χ1n) is 5.37. The summed E-state index contributed by atoms with van der Waals surface area (Å²) in [5, 5.41) is 0.343. The van der Waals surface area contributed by atoms with Crippen molar-refractivity contribution in [2.24, 2.45) is 0 Å². The summed E-state index contributed by atoms with van der Waals surface area (Å²) in [6.45, 7) is 2.83. The molecular formula is C12H17ClN2O. The van der Waals surface area contributed by atoms with Crippen molar-refractivity contribution in [2.75, 3.05) is 19.3 Å². The van der Waals surface area contributed by atoms with Gasteiger partial charge < -0.3 is 10.6 Å². The normalized spacial score (nSPS) is 10.2. The number of halogens is 1. The summed E-state index contributed by atoms with van der Waals surface area (Å²) >= 11 is 5.99. The van der Waals surface area contributed by atoms with Crippen LogP contribution in [0.25, 0.3) is 0 Å². The molecule has 88 valence electrons. The van der Waals surface area contributed by atoms with Crippen LogP contribution in [0.3, 0.4) is 0 Å². The number of amides is 1. The van der Waals surface area contributed by atoms with Gasteiger partial charge in [-0.1, -0.05) is 31.0 Å². The molecule has 0 aliphatic carbocycles. The van der Waals surface area contributed by atoms with E-state index in [1.807, 2.05) is 0 Å². The van der Waals surface area contributed by atoms with E-state index in [2.05, 4.69) is 6.92 Å². The SMILES string of the molecule is CCCCN(C)C(=O)c1cccc(N)c1Cl. The van der Waals surface area contributed by atoms with Gasteiger partial charge in [-0.05, 0) is 18.6 Å². The number of nitrogens with zero attached hydrogens (tertiary/aromatic N) is 1. The molecule has 1 aromatic rings. The maximum Gasteiger partial charge on any atom is 0.255 e. The molecule has 0 saturated heterocycles. The molecule has 1 rings (SSSR count). The minimum atomic E-state index is -0.0780. The Bertz CT molecular complexity index is 379. The highest BCUT2D eigenvalue weighted by molar-refractivity contribution is 6.36. The molecule has 2 N–H and O–H groups in total. The molecule has 0 saturated carbocycles. The van der Waals surface area contributed by atoms with Gasteiger partial charge in [0, 0.05) is 13.6 Å². The largest absolute Gasteiger partial charge is 0.398 e. The van der Waals surface area contributed by atoms with Crippen molar-refractivity contribution in [3.05, 3.63) is 28.8 Å². The number of carbonyl (C=O) groups excluding carboxylic acids is 1. The van der Waals surface area contributed by atoms with Gasteiger partial charge in [0.25, 0.3) is 5.91 Å². The van der Waals surface area contributed by atoms with Crippen molar-refractivity contribution in [1.29, 1.82) is 0 Å². The zero-order valence-electron chi connectivity index (χ0n) is 9.66. The first-order valence-corrected chi connectivity index (χ1v) is 5.75. The number of hydrogen-bond acceptors (Lipinski definition) is 2. The van der Waals surface area contributed by atoms with Crippen LogP contribution in [-0.4, -0.2) is 24.4 Å². The molecule has 0 bridgehead atoms. The maximum absolute atomic E-state index is 12.0. The highest BCUT2D eigenvalue weighted by Crippen LogP contribution is 2.24. The Hall–Kier alpha value is -1.22. The number of hydrogen-bond donors (Lipinski definition) is 1. The van der Waals surface area contributed by atoms with Gasteiger partial charge in [0.1, 0.15) is 0 Å². The fourth-order valence-electron chi connectivity index (χ4n) is 1.42. The second kappa shape index (κ2) is 5.75. The minimum Gasteiger partial charge on any atom is -0.398 e. The second-order valence-electron chi connectivity index (χ2n) is 3.79. The topological polar surface area (TPSA) is 46.3 Å². The summed E-state index contributed by atoms with van der Waals surface area (Å²) < 4.78 is 0. The van der Waals surface area contributed by atoms with Gasteiger partial charge in [-0.25, -0.2) is 0 Å². The van der Waals surface area contributed by atoms with Gasteiger partial charge in [-0.3, -0.25) is 4.79 Å². The third-order valence-corrected chi connectivity index (χ3v) is 2.87. The van der Waals surface area contributed by atoms with E-state index in [1.54, 1.807) is 30.1 Å². The van der Waals surface area contributed by atoms with Crippen LogP contribution in [0.4, 0.5) is 5.69 Å². The molecule has 0 spiro atoms. The first-order chi connectivity index (χ1) is 7.57. The number of carbonyl (C=O) groups is 1. The van der Waals surface area contributed by atoms with Gasteiger partial charge in [0.05, 0.1) is 16.3 Å². The molecular weight excluding hydrogens is 224 g/mol. The Morgan fingerprint density at radius 1 is 1.50 bits per heavy atom. The molecule has 1 amide bonds. The lowest BCUT2D eigenvalue weighted by molar-refractivity contribution is 0.0793. The van der Waals surface area contributed by atoms with Crippen LogP contribution in [0, 0.1) is 0 Å². The fraction of sp³-hybridized carbons (Fsp3) is 0.417. The third kappa shape index (κ3) is 2.89. The summed E-state index contributed by atoms with van der Waals surface area (Å²) in [5.41, 5.74) is 6.57. The van der Waals surface area contributed by atoms with Crippen LogP contribution in [0.2, 0.25) is 5.02 Å². The monoisotopic (exact) mass is 240 g/mol. The third-order valence-electron chi connectivity index (χ3n) is 2.45. The molecule has 1 aromatic carbocycles. The van der Waals surface area contributed by atoms with E-state index in [0.717, 1.165) is 19.4 Å². The molecule has 0 unspecified atom stereocenters. The summed E-state index contributed by atoms with van der Waals surface area (Å²) in [4.78, 5) is 13.7. The lowest BCUT2D eigenvalue weighted by atomic mass is 10.1. The van der Waals surface area contributed by atoms with Crippen LogP contribution in [-0.2, 0) is 0 Å². The molecule has 16 heavy (non-hydrogen) atoms. The van der Waals surface area contributed by atoms with Crippen LogP contribution in [0.15, 0.2) is 18.2 Å². The van der Waals surface area contributed by atoms with Crippen LogP contribution >= 0.6 is 11.6 Å². The van der Waals surface area contributed by atoms with Crippen molar-refractivity contribution in [1.82, 2.24) is 4.90 Å². The smallest absolute Gasteiger partial charge is 0.255 e. The predicted molar refractivity (Wildman–Crippen MR) is 67.7 cm³/mol. The Balaban J connectivity index is 2.84. The molecule has 0 aliphatic heterocycles. The summed E-state index contributed by atoms with van der Waals surface area (Å²) in [6.07, 6.45) is 2.05. The number of nitrogens with two attached hydrogens (primary N) is 1. The number of benzene rings is 1. The fourth-order valence-corrected chi connectivity index (χ4v) is 1.62. The van der Waals surface area contributed by atoms with Gasteiger partial charge in [-0.2, -0.15) is 0 Å². The molecule has 0 aromatic heterocycles. The van der Waals surface area contributed by atoms with E-state index in [4.69, 9.17) is 17.3 Å². The second-order valence-corrected chi connectivity index (χ2v) is 4.17. The molecule has 0 aliphatic rings. The van der Waals surface area contributed by atoms with E-state index >= 15 is 0 Å². The van der Waals surface area contributed by atoms with E-state index in [1.165, 1.54) is 0 Å². The number of anilines is 1. The van der Waals surface area contributed by atoms with Crippen molar-refractivity contribution in [3.63, 3.8) is 0 Å². The van der Waals surface area contributed by atoms with Gasteiger partial charge in [0.15, 0.2) is 0 Å². The molecule has 3 nitrogen and oxygen atoms in total. The molecule has 0 atom stereocenters. The molecule has 0 fully saturated rings. The van der Waals surface area contributed by atoms with Gasteiger partial charge in [-0.15, -0.1) is 0 Å². The van der Waals surface area contributed by atoms with Gasteiger partial charge in [0.2, 0.25) is 0 Å². The van der Waals surface area contributed by atoms with Crippen LogP contribution in [0.1, 0.15) is 30.1 Å².